The Kier molecular flexibility index (Phi) is 7.64. The number of para-hydroxylation sites is 2. The topological polar surface area (TPSA) is 76.3 Å². The first kappa shape index (κ1) is 20.7. The summed E-state index contributed by atoms with van der Waals surface area (Å²) in [5.74, 6) is -0.248. The molecule has 0 aliphatic rings. The third-order valence-electron chi connectivity index (χ3n) is 4.54. The van der Waals surface area contributed by atoms with Crippen LogP contribution in [0.15, 0.2) is 29.1 Å². The fourth-order valence-electron chi connectivity index (χ4n) is 3.22. The van der Waals surface area contributed by atoms with Crippen LogP contribution in [0.2, 0.25) is 0 Å². The van der Waals surface area contributed by atoms with Crippen LogP contribution >= 0.6 is 0 Å². The number of amides is 2. The number of nitrogens with one attached hydrogen (secondary N) is 1. The summed E-state index contributed by atoms with van der Waals surface area (Å²) in [6, 6.07) is 7.61. The van der Waals surface area contributed by atoms with Crippen LogP contribution in [0, 0.1) is 0 Å². The summed E-state index contributed by atoms with van der Waals surface area (Å²) in [4.78, 5) is 38.9. The zero-order valence-corrected chi connectivity index (χ0v) is 16.5. The molecule has 7 nitrogen and oxygen atoms in total. The van der Waals surface area contributed by atoms with Gasteiger partial charge in [0.1, 0.15) is 0 Å². The monoisotopic (exact) mass is 374 g/mol. The predicted octanol–water partition coefficient (Wildman–Crippen LogP) is 1.98. The summed E-state index contributed by atoms with van der Waals surface area (Å²) >= 11 is 0. The number of carbonyl (C=O) groups is 2. The van der Waals surface area contributed by atoms with E-state index in [-0.39, 0.29) is 30.5 Å². The van der Waals surface area contributed by atoms with E-state index in [0.29, 0.717) is 26.2 Å². The lowest BCUT2D eigenvalue weighted by Crippen LogP contribution is -2.41. The third kappa shape index (κ3) is 4.99. The van der Waals surface area contributed by atoms with Gasteiger partial charge in [0, 0.05) is 32.6 Å². The van der Waals surface area contributed by atoms with Crippen LogP contribution < -0.4 is 11.0 Å². The quantitative estimate of drug-likeness (QED) is 0.691. The summed E-state index contributed by atoms with van der Waals surface area (Å²) in [5, 5.41) is 2.80. The van der Waals surface area contributed by atoms with E-state index in [1.165, 1.54) is 0 Å². The fourth-order valence-corrected chi connectivity index (χ4v) is 3.22. The molecule has 1 aromatic heterocycles. The van der Waals surface area contributed by atoms with E-state index in [2.05, 4.69) is 5.32 Å². The lowest BCUT2D eigenvalue weighted by atomic mass is 10.3. The Bertz CT molecular complexity index is 837. The van der Waals surface area contributed by atoms with Crippen LogP contribution in [0.5, 0.6) is 0 Å². The van der Waals surface area contributed by atoms with Gasteiger partial charge >= 0.3 is 5.69 Å². The van der Waals surface area contributed by atoms with Gasteiger partial charge in [-0.3, -0.25) is 18.7 Å². The maximum atomic E-state index is 12.7. The summed E-state index contributed by atoms with van der Waals surface area (Å²) in [6.07, 6.45) is 1.83. The highest BCUT2D eigenvalue weighted by molar-refractivity contribution is 5.85. The molecule has 0 bridgehead atoms. The highest BCUT2D eigenvalue weighted by Gasteiger charge is 2.18. The summed E-state index contributed by atoms with van der Waals surface area (Å²) in [5.41, 5.74) is 1.61. The number of aromatic nitrogens is 2. The number of imidazole rings is 1. The van der Waals surface area contributed by atoms with Crippen molar-refractivity contribution in [3.05, 3.63) is 34.7 Å². The third-order valence-corrected chi connectivity index (χ3v) is 4.54. The summed E-state index contributed by atoms with van der Waals surface area (Å²) in [6.45, 7) is 7.99. The van der Waals surface area contributed by atoms with E-state index in [1.54, 1.807) is 14.0 Å². The molecule has 0 saturated carbocycles. The fraction of sp³-hybridized carbons (Fsp3) is 0.550. The number of nitrogens with zero attached hydrogens (tertiary/aromatic N) is 3. The van der Waals surface area contributed by atoms with Gasteiger partial charge in [-0.15, -0.1) is 0 Å². The zero-order chi connectivity index (χ0) is 19.8. The van der Waals surface area contributed by atoms with Crippen molar-refractivity contribution in [3.63, 3.8) is 0 Å². The van der Waals surface area contributed by atoms with E-state index in [9.17, 15) is 14.4 Å². The molecule has 0 unspecified atom stereocenters. The van der Waals surface area contributed by atoms with Crippen molar-refractivity contribution in [2.75, 3.05) is 19.6 Å². The van der Waals surface area contributed by atoms with Crippen molar-refractivity contribution in [2.24, 2.45) is 0 Å². The normalized spacial score (nSPS) is 10.9. The second-order valence-electron chi connectivity index (χ2n) is 6.58. The molecule has 1 heterocycles. The van der Waals surface area contributed by atoms with Gasteiger partial charge in [-0.25, -0.2) is 4.79 Å². The summed E-state index contributed by atoms with van der Waals surface area (Å²) in [7, 11) is 0. The van der Waals surface area contributed by atoms with Crippen LogP contribution in [0.3, 0.4) is 0 Å². The Labute approximate surface area is 160 Å². The first-order valence-corrected chi connectivity index (χ1v) is 9.75. The van der Waals surface area contributed by atoms with E-state index in [1.807, 2.05) is 45.0 Å². The number of hydrogen-bond donors (Lipinski definition) is 1. The van der Waals surface area contributed by atoms with Crippen molar-refractivity contribution in [1.29, 1.82) is 0 Å². The first-order chi connectivity index (χ1) is 13.0. The SMILES string of the molecule is CCCNC(=O)CN(CCC)C(=O)CCn1c(=O)n(CC)c2ccccc21. The average molecular weight is 374 g/mol. The zero-order valence-electron chi connectivity index (χ0n) is 16.5. The molecule has 2 amide bonds. The molecule has 0 spiro atoms. The Morgan fingerprint density at radius 2 is 1.70 bits per heavy atom. The minimum atomic E-state index is -0.140. The molecule has 148 valence electrons. The summed E-state index contributed by atoms with van der Waals surface area (Å²) < 4.78 is 3.36. The Morgan fingerprint density at radius 1 is 1.04 bits per heavy atom. The smallest absolute Gasteiger partial charge is 0.329 e. The van der Waals surface area contributed by atoms with E-state index in [0.717, 1.165) is 23.9 Å². The van der Waals surface area contributed by atoms with Crippen LogP contribution in [0.4, 0.5) is 0 Å². The van der Waals surface area contributed by atoms with Crippen molar-refractivity contribution in [1.82, 2.24) is 19.4 Å². The Hall–Kier alpha value is -2.57. The van der Waals surface area contributed by atoms with Crippen LogP contribution in [0.25, 0.3) is 11.0 Å². The second-order valence-corrected chi connectivity index (χ2v) is 6.58. The van der Waals surface area contributed by atoms with Gasteiger partial charge < -0.3 is 10.2 Å². The Morgan fingerprint density at radius 3 is 2.30 bits per heavy atom. The van der Waals surface area contributed by atoms with Gasteiger partial charge in [0.15, 0.2) is 0 Å². The van der Waals surface area contributed by atoms with Crippen LogP contribution in [0.1, 0.15) is 40.0 Å². The van der Waals surface area contributed by atoms with Crippen molar-refractivity contribution in [3.8, 4) is 0 Å². The van der Waals surface area contributed by atoms with Gasteiger partial charge in [-0.2, -0.15) is 0 Å². The van der Waals surface area contributed by atoms with E-state index < -0.39 is 0 Å². The minimum absolute atomic E-state index is 0.0677. The predicted molar refractivity (Wildman–Crippen MR) is 107 cm³/mol. The molecule has 2 rings (SSSR count). The van der Waals surface area contributed by atoms with Crippen molar-refractivity contribution in [2.45, 2.75) is 53.1 Å². The standard InChI is InChI=1S/C20H30N4O3/c1-4-12-21-18(25)15-22(13-5-2)19(26)11-14-24-17-10-8-7-9-16(17)23(6-3)20(24)27/h7-10H,4-6,11-15H2,1-3H3,(H,21,25). The molecule has 1 aromatic carbocycles. The highest BCUT2D eigenvalue weighted by atomic mass is 16.2. The molecule has 0 radical (unpaired) electrons. The minimum Gasteiger partial charge on any atom is -0.355 e. The maximum Gasteiger partial charge on any atom is 0.329 e. The number of rotatable bonds is 10. The van der Waals surface area contributed by atoms with E-state index in [4.69, 9.17) is 0 Å². The number of benzene rings is 1. The van der Waals surface area contributed by atoms with Gasteiger partial charge in [0.2, 0.25) is 11.8 Å². The Balaban J connectivity index is 2.11. The van der Waals surface area contributed by atoms with Gasteiger partial charge in [0.25, 0.3) is 0 Å². The largest absolute Gasteiger partial charge is 0.355 e. The number of hydrogen-bond acceptors (Lipinski definition) is 3. The second kappa shape index (κ2) is 9.94. The average Bonchev–Trinajstić information content (AvgIpc) is 2.94. The van der Waals surface area contributed by atoms with Gasteiger partial charge in [0.05, 0.1) is 17.6 Å². The van der Waals surface area contributed by atoms with Crippen molar-refractivity contribution < 1.29 is 9.59 Å². The lowest BCUT2D eigenvalue weighted by Gasteiger charge is -2.21. The van der Waals surface area contributed by atoms with Crippen LogP contribution in [-0.2, 0) is 22.7 Å². The van der Waals surface area contributed by atoms with Crippen LogP contribution in [-0.4, -0.2) is 45.5 Å². The number of fused-ring (bicyclic) bond motifs is 1. The molecule has 2 aromatic rings. The molecule has 0 fully saturated rings. The lowest BCUT2D eigenvalue weighted by molar-refractivity contribution is -0.136. The van der Waals surface area contributed by atoms with E-state index >= 15 is 0 Å². The molecule has 27 heavy (non-hydrogen) atoms. The highest BCUT2D eigenvalue weighted by Crippen LogP contribution is 2.13. The molecular weight excluding hydrogens is 344 g/mol. The first-order valence-electron chi connectivity index (χ1n) is 9.75. The molecular formula is C20H30N4O3. The maximum absolute atomic E-state index is 12.7. The molecule has 0 atom stereocenters. The molecule has 0 aliphatic carbocycles. The molecule has 0 aliphatic heterocycles. The van der Waals surface area contributed by atoms with Gasteiger partial charge in [-0.05, 0) is 31.9 Å². The number of carbonyl (C=O) groups excluding carboxylic acids is 2. The van der Waals surface area contributed by atoms with Gasteiger partial charge in [-0.1, -0.05) is 26.0 Å². The molecule has 7 heteroatoms. The van der Waals surface area contributed by atoms with Crippen molar-refractivity contribution >= 4 is 22.8 Å². The molecule has 0 saturated heterocycles. The number of aryl methyl sites for hydroxylation is 2. The molecule has 1 N–H and O–H groups in total.